The second-order valence-electron chi connectivity index (χ2n) is 12.5. The van der Waals surface area contributed by atoms with Crippen LogP contribution in [0.2, 0.25) is 0 Å². The molecule has 0 saturated heterocycles. The van der Waals surface area contributed by atoms with E-state index in [0.29, 0.717) is 0 Å². The highest BCUT2D eigenvalue weighted by molar-refractivity contribution is 5.85. The highest BCUT2D eigenvalue weighted by Gasteiger charge is 2.03. The first kappa shape index (κ1) is 45.2. The number of unbranched alkanes of at least 4 members (excludes halogenated alkanes) is 6. The van der Waals surface area contributed by atoms with Gasteiger partial charge in [0, 0.05) is 19.6 Å². The van der Waals surface area contributed by atoms with Gasteiger partial charge < -0.3 is 47.9 Å². The Labute approximate surface area is 290 Å². The Morgan fingerprint density at radius 2 is 0.500 bits per heavy atom. The third kappa shape index (κ3) is 30.5. The molecule has 0 radical (unpaired) electrons. The van der Waals surface area contributed by atoms with Crippen LogP contribution in [0.25, 0.3) is 0 Å². The summed E-state index contributed by atoms with van der Waals surface area (Å²) in [5.41, 5.74) is 4.20. The lowest BCUT2D eigenvalue weighted by Crippen LogP contribution is -2.22. The number of halogens is 1. The molecule has 1 rings (SSSR count). The van der Waals surface area contributed by atoms with E-state index in [1.807, 2.05) is 21.1 Å². The van der Waals surface area contributed by atoms with Gasteiger partial charge in [-0.25, -0.2) is 0 Å². The standard InChI is InChI=1S/C36H75N9.ClH/c1-37-16-4-7-19-40-22-10-13-25-43-31-34-28-35(32-44-26-14-11-23-41-20-8-5-17-38-2)30-36(29-34)33-45-27-15-12-24-42-21-9-6-18-39-3;/h28-30,37-45H,4-27,31-33H2,1-3H3;1H. The number of benzene rings is 1. The van der Waals surface area contributed by atoms with Crippen LogP contribution in [0.15, 0.2) is 18.2 Å². The van der Waals surface area contributed by atoms with Crippen molar-refractivity contribution in [3.05, 3.63) is 34.9 Å². The highest BCUT2D eigenvalue weighted by atomic mass is 35.5. The molecule has 46 heavy (non-hydrogen) atoms. The van der Waals surface area contributed by atoms with Crippen LogP contribution in [0.5, 0.6) is 0 Å². The average Bonchev–Trinajstić information content (AvgIpc) is 3.05. The summed E-state index contributed by atoms with van der Waals surface area (Å²) in [5.74, 6) is 0. The van der Waals surface area contributed by atoms with Crippen LogP contribution >= 0.6 is 12.4 Å². The zero-order chi connectivity index (χ0) is 32.3. The van der Waals surface area contributed by atoms with Crippen molar-refractivity contribution in [2.75, 3.05) is 99.7 Å². The van der Waals surface area contributed by atoms with Gasteiger partial charge in [-0.3, -0.25) is 0 Å². The zero-order valence-corrected chi connectivity index (χ0v) is 31.0. The van der Waals surface area contributed by atoms with E-state index in [9.17, 15) is 0 Å². The van der Waals surface area contributed by atoms with Gasteiger partial charge in [0.05, 0.1) is 0 Å². The van der Waals surface area contributed by atoms with Crippen LogP contribution in [0.1, 0.15) is 93.7 Å². The Bertz CT molecular complexity index is 634. The van der Waals surface area contributed by atoms with Crippen LogP contribution in [0, 0.1) is 0 Å². The van der Waals surface area contributed by atoms with Gasteiger partial charge in [0.25, 0.3) is 0 Å². The summed E-state index contributed by atoms with van der Waals surface area (Å²) in [5, 5.41) is 31.5. The third-order valence-corrected chi connectivity index (χ3v) is 8.06. The van der Waals surface area contributed by atoms with Crippen molar-refractivity contribution in [1.29, 1.82) is 0 Å². The molecule has 0 amide bonds. The summed E-state index contributed by atoms with van der Waals surface area (Å²) in [4.78, 5) is 0. The Balaban J connectivity index is 0.0000202. The van der Waals surface area contributed by atoms with Gasteiger partial charge in [-0.15, -0.1) is 12.4 Å². The summed E-state index contributed by atoms with van der Waals surface area (Å²) in [7, 11) is 6.08. The van der Waals surface area contributed by atoms with Crippen molar-refractivity contribution in [2.24, 2.45) is 0 Å². The van der Waals surface area contributed by atoms with Crippen molar-refractivity contribution >= 4 is 12.4 Å². The van der Waals surface area contributed by atoms with Gasteiger partial charge in [0.2, 0.25) is 0 Å². The molecule has 9 N–H and O–H groups in total. The molecule has 1 aromatic carbocycles. The van der Waals surface area contributed by atoms with Crippen LogP contribution < -0.4 is 47.9 Å². The van der Waals surface area contributed by atoms with E-state index in [2.05, 4.69) is 66.1 Å². The lowest BCUT2D eigenvalue weighted by atomic mass is 10.0. The van der Waals surface area contributed by atoms with E-state index in [1.54, 1.807) is 0 Å². The van der Waals surface area contributed by atoms with Crippen molar-refractivity contribution in [1.82, 2.24) is 47.9 Å². The minimum absolute atomic E-state index is 0. The number of hydrogen-bond acceptors (Lipinski definition) is 9. The summed E-state index contributed by atoms with van der Waals surface area (Å²) < 4.78 is 0. The van der Waals surface area contributed by atoms with E-state index >= 15 is 0 Å². The lowest BCUT2D eigenvalue weighted by molar-refractivity contribution is 0.558. The molecule has 0 aliphatic carbocycles. The largest absolute Gasteiger partial charge is 0.320 e. The molecule has 0 bridgehead atoms. The highest BCUT2D eigenvalue weighted by Crippen LogP contribution is 2.11. The first-order chi connectivity index (χ1) is 22.3. The molecule has 0 aromatic heterocycles. The number of rotatable bonds is 36. The molecule has 0 aliphatic rings. The fourth-order valence-corrected chi connectivity index (χ4v) is 5.37. The second-order valence-corrected chi connectivity index (χ2v) is 12.5. The van der Waals surface area contributed by atoms with Crippen LogP contribution in [0.4, 0.5) is 0 Å². The van der Waals surface area contributed by atoms with E-state index in [1.165, 1.54) is 93.7 Å². The van der Waals surface area contributed by atoms with E-state index in [0.717, 1.165) is 98.2 Å². The van der Waals surface area contributed by atoms with Gasteiger partial charge in [-0.1, -0.05) is 18.2 Å². The molecular weight excluding hydrogens is 594 g/mol. The van der Waals surface area contributed by atoms with Crippen molar-refractivity contribution in [3.8, 4) is 0 Å². The molecule has 9 nitrogen and oxygen atoms in total. The minimum atomic E-state index is 0. The quantitative estimate of drug-likeness (QED) is 0.0497. The minimum Gasteiger partial charge on any atom is -0.320 e. The van der Waals surface area contributed by atoms with Crippen molar-refractivity contribution < 1.29 is 0 Å². The van der Waals surface area contributed by atoms with Crippen LogP contribution in [0.3, 0.4) is 0 Å². The monoisotopic (exact) mass is 670 g/mol. The van der Waals surface area contributed by atoms with Crippen LogP contribution in [-0.4, -0.2) is 99.7 Å². The lowest BCUT2D eigenvalue weighted by Gasteiger charge is -2.13. The maximum Gasteiger partial charge on any atom is 0.0205 e. The van der Waals surface area contributed by atoms with Gasteiger partial charge in [-0.05, 0) is 193 Å². The maximum atomic E-state index is 3.70. The Morgan fingerprint density at radius 1 is 0.304 bits per heavy atom. The molecular formula is C36H76ClN9. The average molecular weight is 671 g/mol. The molecule has 0 fully saturated rings. The summed E-state index contributed by atoms with van der Waals surface area (Å²) >= 11 is 0. The predicted octanol–water partition coefficient (Wildman–Crippen LogP) is 3.49. The van der Waals surface area contributed by atoms with Gasteiger partial charge >= 0.3 is 0 Å². The topological polar surface area (TPSA) is 108 Å². The molecule has 0 heterocycles. The first-order valence-corrected chi connectivity index (χ1v) is 18.6. The smallest absolute Gasteiger partial charge is 0.0205 e. The third-order valence-electron chi connectivity index (χ3n) is 8.06. The summed E-state index contributed by atoms with van der Waals surface area (Å²) in [6, 6.07) is 7.18. The number of hydrogen-bond donors (Lipinski definition) is 9. The van der Waals surface area contributed by atoms with Crippen molar-refractivity contribution in [3.63, 3.8) is 0 Å². The van der Waals surface area contributed by atoms with E-state index < -0.39 is 0 Å². The predicted molar refractivity (Wildman–Crippen MR) is 205 cm³/mol. The molecule has 272 valence electrons. The molecule has 10 heteroatoms. The molecule has 0 unspecified atom stereocenters. The van der Waals surface area contributed by atoms with Gasteiger partial charge in [0.1, 0.15) is 0 Å². The molecule has 0 atom stereocenters. The second kappa shape index (κ2) is 37.0. The molecule has 0 aliphatic heterocycles. The van der Waals surface area contributed by atoms with Crippen LogP contribution in [-0.2, 0) is 19.6 Å². The summed E-state index contributed by atoms with van der Waals surface area (Å²) in [6.07, 6.45) is 14.9. The SMILES string of the molecule is CNCCCCNCCCCNCc1cc(CNCCCCNCCCCNC)cc(CNCCCCNCCCCNC)c1.Cl. The molecule has 0 saturated carbocycles. The van der Waals surface area contributed by atoms with Gasteiger partial charge in [0.15, 0.2) is 0 Å². The molecule has 1 aromatic rings. The van der Waals surface area contributed by atoms with E-state index in [4.69, 9.17) is 0 Å². The Morgan fingerprint density at radius 3 is 0.717 bits per heavy atom. The fourth-order valence-electron chi connectivity index (χ4n) is 5.37. The summed E-state index contributed by atoms with van der Waals surface area (Å²) in [6.45, 7) is 16.2. The first-order valence-electron chi connectivity index (χ1n) is 18.6. The Kier molecular flexibility index (Phi) is 36.3. The fraction of sp³-hybridized carbons (Fsp3) is 0.833. The zero-order valence-electron chi connectivity index (χ0n) is 30.2. The number of nitrogens with one attached hydrogen (secondary N) is 9. The van der Waals surface area contributed by atoms with Crippen molar-refractivity contribution in [2.45, 2.75) is 96.7 Å². The maximum absolute atomic E-state index is 3.70. The Hall–Kier alpha value is -0.850. The van der Waals surface area contributed by atoms with Gasteiger partial charge in [-0.2, -0.15) is 0 Å². The molecule has 0 spiro atoms. The normalized spacial score (nSPS) is 11.3. The van der Waals surface area contributed by atoms with E-state index in [-0.39, 0.29) is 12.4 Å².